The van der Waals surface area contributed by atoms with Gasteiger partial charge in [-0.1, -0.05) is 0 Å². The van der Waals surface area contributed by atoms with Crippen LogP contribution in [-0.4, -0.2) is 20.3 Å². The molecule has 1 rings (SSSR count). The van der Waals surface area contributed by atoms with Crippen LogP contribution >= 0.6 is 15.9 Å². The highest BCUT2D eigenvalue weighted by atomic mass is 79.9. The number of ether oxygens (including phenoxy) is 2. The van der Waals surface area contributed by atoms with E-state index in [1.807, 2.05) is 0 Å². The standard InChI is InChI=1S/C10H10BrF3O2/c1-15-4-5-16-9-6-7(10(12,13)14)2-3-8(9)11/h2-3,6H,4-5H2,1H3. The summed E-state index contributed by atoms with van der Waals surface area (Å²) >= 11 is 3.12. The molecular formula is C10H10BrF3O2. The quantitative estimate of drug-likeness (QED) is 0.792. The summed E-state index contributed by atoms with van der Waals surface area (Å²) in [5.41, 5.74) is -0.733. The van der Waals surface area contributed by atoms with Gasteiger partial charge in [0.1, 0.15) is 12.4 Å². The van der Waals surface area contributed by atoms with Gasteiger partial charge >= 0.3 is 6.18 Å². The van der Waals surface area contributed by atoms with E-state index in [1.165, 1.54) is 13.2 Å². The monoisotopic (exact) mass is 298 g/mol. The predicted octanol–water partition coefficient (Wildman–Crippen LogP) is 3.49. The van der Waals surface area contributed by atoms with Crippen LogP contribution in [-0.2, 0) is 10.9 Å². The second-order valence-corrected chi connectivity index (χ2v) is 3.84. The van der Waals surface area contributed by atoms with Gasteiger partial charge in [-0.05, 0) is 34.1 Å². The minimum atomic E-state index is -4.36. The molecule has 0 aromatic heterocycles. The fourth-order valence-electron chi connectivity index (χ4n) is 1.03. The third-order valence-electron chi connectivity index (χ3n) is 1.80. The summed E-state index contributed by atoms with van der Waals surface area (Å²) in [6, 6.07) is 3.26. The molecule has 2 nitrogen and oxygen atoms in total. The average Bonchev–Trinajstić information content (AvgIpc) is 2.19. The van der Waals surface area contributed by atoms with Crippen LogP contribution in [0, 0.1) is 0 Å². The van der Waals surface area contributed by atoms with Crippen LogP contribution < -0.4 is 4.74 Å². The molecule has 0 radical (unpaired) electrons. The van der Waals surface area contributed by atoms with Crippen LogP contribution in [0.15, 0.2) is 22.7 Å². The number of benzene rings is 1. The Morgan fingerprint density at radius 1 is 1.25 bits per heavy atom. The molecule has 0 saturated carbocycles. The Hall–Kier alpha value is -0.750. The summed E-state index contributed by atoms with van der Waals surface area (Å²) in [5.74, 6) is 0.159. The Bertz CT molecular complexity index is 352. The van der Waals surface area contributed by atoms with E-state index in [9.17, 15) is 13.2 Å². The van der Waals surface area contributed by atoms with Gasteiger partial charge in [0.25, 0.3) is 0 Å². The molecule has 1 aromatic carbocycles. The highest BCUT2D eigenvalue weighted by Gasteiger charge is 2.31. The van der Waals surface area contributed by atoms with Gasteiger partial charge in [-0.15, -0.1) is 0 Å². The summed E-state index contributed by atoms with van der Waals surface area (Å²) in [7, 11) is 1.49. The zero-order valence-electron chi connectivity index (χ0n) is 8.47. The van der Waals surface area contributed by atoms with Gasteiger partial charge in [-0.2, -0.15) is 13.2 Å². The summed E-state index contributed by atoms with van der Waals surface area (Å²) < 4.78 is 47.5. The van der Waals surface area contributed by atoms with Crippen LogP contribution in [0.3, 0.4) is 0 Å². The highest BCUT2D eigenvalue weighted by Crippen LogP contribution is 2.34. The van der Waals surface area contributed by atoms with E-state index in [0.717, 1.165) is 12.1 Å². The van der Waals surface area contributed by atoms with Gasteiger partial charge < -0.3 is 9.47 Å². The van der Waals surface area contributed by atoms with Crippen molar-refractivity contribution in [2.75, 3.05) is 20.3 Å². The van der Waals surface area contributed by atoms with Gasteiger partial charge in [-0.3, -0.25) is 0 Å². The number of hydrogen-bond donors (Lipinski definition) is 0. The van der Waals surface area contributed by atoms with E-state index in [2.05, 4.69) is 15.9 Å². The Morgan fingerprint density at radius 2 is 1.94 bits per heavy atom. The summed E-state index contributed by atoms with van der Waals surface area (Å²) in [6.07, 6.45) is -4.36. The Kier molecular flexibility index (Phi) is 4.61. The molecule has 0 fully saturated rings. The van der Waals surface area contributed by atoms with Crippen molar-refractivity contribution >= 4 is 15.9 Å². The number of halogens is 4. The normalized spacial score (nSPS) is 11.6. The molecule has 6 heteroatoms. The molecule has 0 heterocycles. The lowest BCUT2D eigenvalue weighted by molar-refractivity contribution is -0.137. The Balaban J connectivity index is 2.83. The third kappa shape index (κ3) is 3.68. The first-order valence-corrected chi connectivity index (χ1v) is 5.23. The van der Waals surface area contributed by atoms with Crippen LogP contribution in [0.25, 0.3) is 0 Å². The van der Waals surface area contributed by atoms with Crippen LogP contribution in [0.5, 0.6) is 5.75 Å². The minimum Gasteiger partial charge on any atom is -0.490 e. The van der Waals surface area contributed by atoms with E-state index in [4.69, 9.17) is 9.47 Å². The maximum Gasteiger partial charge on any atom is 0.416 e. The number of methoxy groups -OCH3 is 1. The van der Waals surface area contributed by atoms with Gasteiger partial charge in [0.05, 0.1) is 16.6 Å². The van der Waals surface area contributed by atoms with E-state index in [0.29, 0.717) is 11.1 Å². The molecule has 0 aliphatic heterocycles. The van der Waals surface area contributed by atoms with E-state index >= 15 is 0 Å². The third-order valence-corrected chi connectivity index (χ3v) is 2.46. The predicted molar refractivity (Wildman–Crippen MR) is 56.5 cm³/mol. The lowest BCUT2D eigenvalue weighted by atomic mass is 10.2. The summed E-state index contributed by atoms with van der Waals surface area (Å²) in [4.78, 5) is 0. The topological polar surface area (TPSA) is 18.5 Å². The van der Waals surface area contributed by atoms with Crippen molar-refractivity contribution in [2.24, 2.45) is 0 Å². The van der Waals surface area contributed by atoms with Crippen molar-refractivity contribution in [3.63, 3.8) is 0 Å². The van der Waals surface area contributed by atoms with E-state index in [1.54, 1.807) is 0 Å². The molecule has 0 amide bonds. The fraction of sp³-hybridized carbons (Fsp3) is 0.400. The van der Waals surface area contributed by atoms with Crippen LogP contribution in [0.2, 0.25) is 0 Å². The molecule has 0 N–H and O–H groups in total. The minimum absolute atomic E-state index is 0.159. The second-order valence-electron chi connectivity index (χ2n) is 2.98. The molecule has 0 unspecified atom stereocenters. The SMILES string of the molecule is COCCOc1cc(C(F)(F)F)ccc1Br. The maximum atomic E-state index is 12.4. The molecular weight excluding hydrogens is 289 g/mol. The number of hydrogen-bond acceptors (Lipinski definition) is 2. The van der Waals surface area contributed by atoms with Gasteiger partial charge in [0.2, 0.25) is 0 Å². The smallest absolute Gasteiger partial charge is 0.416 e. The molecule has 0 atom stereocenters. The van der Waals surface area contributed by atoms with Crippen molar-refractivity contribution in [3.05, 3.63) is 28.2 Å². The Morgan fingerprint density at radius 3 is 2.50 bits per heavy atom. The first kappa shape index (κ1) is 13.3. The average molecular weight is 299 g/mol. The Labute approximate surface area is 99.5 Å². The van der Waals surface area contributed by atoms with E-state index in [-0.39, 0.29) is 12.4 Å². The highest BCUT2D eigenvalue weighted by molar-refractivity contribution is 9.10. The molecule has 0 aliphatic rings. The van der Waals surface area contributed by atoms with E-state index < -0.39 is 11.7 Å². The van der Waals surface area contributed by atoms with Crippen LogP contribution in [0.4, 0.5) is 13.2 Å². The van der Waals surface area contributed by atoms with Crippen LogP contribution in [0.1, 0.15) is 5.56 Å². The summed E-state index contributed by atoms with van der Waals surface area (Å²) in [5, 5.41) is 0. The molecule has 0 aliphatic carbocycles. The molecule has 0 saturated heterocycles. The van der Waals surface area contributed by atoms with Gasteiger partial charge in [0.15, 0.2) is 0 Å². The van der Waals surface area contributed by atoms with Crippen molar-refractivity contribution < 1.29 is 22.6 Å². The van der Waals surface area contributed by atoms with Gasteiger partial charge in [-0.25, -0.2) is 0 Å². The zero-order valence-corrected chi connectivity index (χ0v) is 10.1. The number of alkyl halides is 3. The first-order valence-electron chi connectivity index (χ1n) is 4.43. The van der Waals surface area contributed by atoms with Gasteiger partial charge in [0, 0.05) is 7.11 Å². The summed E-state index contributed by atoms with van der Waals surface area (Å²) in [6.45, 7) is 0.527. The molecule has 16 heavy (non-hydrogen) atoms. The zero-order chi connectivity index (χ0) is 12.2. The lowest BCUT2D eigenvalue weighted by Gasteiger charge is -2.11. The second kappa shape index (κ2) is 5.54. The molecule has 0 spiro atoms. The van der Waals surface area contributed by atoms with Crippen molar-refractivity contribution in [1.82, 2.24) is 0 Å². The maximum absolute atomic E-state index is 12.4. The molecule has 1 aromatic rings. The lowest BCUT2D eigenvalue weighted by Crippen LogP contribution is -2.08. The largest absolute Gasteiger partial charge is 0.490 e. The first-order chi connectivity index (χ1) is 7.45. The molecule has 0 bridgehead atoms. The van der Waals surface area contributed by atoms with Crippen molar-refractivity contribution in [3.8, 4) is 5.75 Å². The molecule has 90 valence electrons. The number of rotatable bonds is 4. The van der Waals surface area contributed by atoms with Crippen molar-refractivity contribution in [2.45, 2.75) is 6.18 Å². The fourth-order valence-corrected chi connectivity index (χ4v) is 1.39. The van der Waals surface area contributed by atoms with Crippen molar-refractivity contribution in [1.29, 1.82) is 0 Å².